The van der Waals surface area contributed by atoms with Crippen LogP contribution in [0.25, 0.3) is 0 Å². The van der Waals surface area contributed by atoms with Gasteiger partial charge in [0.15, 0.2) is 5.96 Å². The lowest BCUT2D eigenvalue weighted by Crippen LogP contribution is -2.48. The van der Waals surface area contributed by atoms with E-state index in [9.17, 15) is 13.2 Å². The van der Waals surface area contributed by atoms with Crippen LogP contribution in [0.4, 0.5) is 13.2 Å². The largest absolute Gasteiger partial charge is 0.573 e. The second-order valence-electron chi connectivity index (χ2n) is 6.96. The molecule has 1 aromatic rings. The minimum atomic E-state index is -4.66. The number of likely N-dealkylation sites (tertiary alicyclic amines) is 1. The van der Waals surface area contributed by atoms with Crippen LogP contribution in [0, 0.1) is 0 Å². The summed E-state index contributed by atoms with van der Waals surface area (Å²) in [6.07, 6.45) is -0.621. The molecule has 0 unspecified atom stereocenters. The van der Waals surface area contributed by atoms with Crippen LogP contribution in [0.5, 0.6) is 5.75 Å². The third-order valence-electron chi connectivity index (χ3n) is 4.64. The highest BCUT2D eigenvalue weighted by Gasteiger charge is 2.30. The molecule has 0 amide bonds. The van der Waals surface area contributed by atoms with Gasteiger partial charge in [-0.2, -0.15) is 0 Å². The molecule has 158 valence electrons. The maximum absolute atomic E-state index is 12.2. The van der Waals surface area contributed by atoms with E-state index in [2.05, 4.69) is 32.2 Å². The molecule has 1 saturated heterocycles. The fraction of sp³-hybridized carbons (Fsp3) is 0.650. The Balaban J connectivity index is 1.80. The lowest BCUT2D eigenvalue weighted by atomic mass is 10.1. The fourth-order valence-electron chi connectivity index (χ4n) is 3.29. The average Bonchev–Trinajstić information content (AvgIpc) is 2.64. The number of aliphatic imine (C=N–C) groups is 1. The number of halogens is 3. The molecule has 1 heterocycles. The topological polar surface area (TPSA) is 48.9 Å². The van der Waals surface area contributed by atoms with Crippen molar-refractivity contribution in [2.75, 3.05) is 32.7 Å². The normalized spacial score (nSPS) is 16.8. The number of nitrogens with one attached hydrogen (secondary N) is 2. The molecule has 0 saturated carbocycles. The van der Waals surface area contributed by atoms with Gasteiger partial charge in [0.05, 0.1) is 0 Å². The molecule has 1 fully saturated rings. The summed E-state index contributed by atoms with van der Waals surface area (Å²) in [4.78, 5) is 7.10. The van der Waals surface area contributed by atoms with Crippen molar-refractivity contribution in [1.82, 2.24) is 15.5 Å². The summed E-state index contributed by atoms with van der Waals surface area (Å²) in [6.45, 7) is 8.95. The van der Waals surface area contributed by atoms with E-state index < -0.39 is 6.36 Å². The predicted octanol–water partition coefficient (Wildman–Crippen LogP) is 3.56. The lowest BCUT2D eigenvalue weighted by Gasteiger charge is -2.32. The summed E-state index contributed by atoms with van der Waals surface area (Å²) in [7, 11) is 0. The van der Waals surface area contributed by atoms with Crippen LogP contribution in [-0.4, -0.2) is 56.0 Å². The SMILES string of the molecule is CCCN1CCC(NC(=NCCc2ccc(OC(F)(F)F)cc2)NCC)CC1. The van der Waals surface area contributed by atoms with Crippen molar-refractivity contribution in [2.24, 2.45) is 4.99 Å². The Bertz CT molecular complexity index is 596. The van der Waals surface area contributed by atoms with Gasteiger partial charge >= 0.3 is 6.36 Å². The molecular formula is C20H31F3N4O. The molecule has 0 aliphatic carbocycles. The van der Waals surface area contributed by atoms with Crippen LogP contribution in [0.2, 0.25) is 0 Å². The van der Waals surface area contributed by atoms with E-state index in [1.165, 1.54) is 18.6 Å². The molecule has 0 spiro atoms. The third-order valence-corrected chi connectivity index (χ3v) is 4.64. The van der Waals surface area contributed by atoms with E-state index in [4.69, 9.17) is 0 Å². The molecule has 28 heavy (non-hydrogen) atoms. The van der Waals surface area contributed by atoms with E-state index in [1.807, 2.05) is 6.92 Å². The van der Waals surface area contributed by atoms with Gasteiger partial charge < -0.3 is 20.3 Å². The zero-order valence-corrected chi connectivity index (χ0v) is 16.7. The van der Waals surface area contributed by atoms with Gasteiger partial charge in [-0.15, -0.1) is 13.2 Å². The molecular weight excluding hydrogens is 369 g/mol. The second-order valence-corrected chi connectivity index (χ2v) is 6.96. The number of ether oxygens (including phenoxy) is 1. The summed E-state index contributed by atoms with van der Waals surface area (Å²) >= 11 is 0. The van der Waals surface area contributed by atoms with E-state index >= 15 is 0 Å². The van der Waals surface area contributed by atoms with Gasteiger partial charge in [-0.3, -0.25) is 4.99 Å². The highest BCUT2D eigenvalue weighted by molar-refractivity contribution is 5.80. The third kappa shape index (κ3) is 8.37. The molecule has 8 heteroatoms. The fourth-order valence-corrected chi connectivity index (χ4v) is 3.29. The summed E-state index contributed by atoms with van der Waals surface area (Å²) in [5, 5.41) is 6.78. The van der Waals surface area contributed by atoms with E-state index in [-0.39, 0.29) is 5.75 Å². The van der Waals surface area contributed by atoms with Gasteiger partial charge in [0.2, 0.25) is 0 Å². The van der Waals surface area contributed by atoms with Crippen LogP contribution in [0.1, 0.15) is 38.7 Å². The van der Waals surface area contributed by atoms with E-state index in [0.29, 0.717) is 19.0 Å². The first-order valence-electron chi connectivity index (χ1n) is 10.0. The minimum Gasteiger partial charge on any atom is -0.406 e. The Morgan fingerprint density at radius 3 is 2.43 bits per heavy atom. The molecule has 0 bridgehead atoms. The van der Waals surface area contributed by atoms with Crippen molar-refractivity contribution >= 4 is 5.96 Å². The Labute approximate surface area is 165 Å². The van der Waals surface area contributed by atoms with Crippen LogP contribution in [0.15, 0.2) is 29.3 Å². The summed E-state index contributed by atoms with van der Waals surface area (Å²) in [5.74, 6) is 0.595. The van der Waals surface area contributed by atoms with Crippen molar-refractivity contribution in [3.63, 3.8) is 0 Å². The van der Waals surface area contributed by atoms with Gasteiger partial charge in [-0.05, 0) is 56.8 Å². The van der Waals surface area contributed by atoms with Crippen LogP contribution >= 0.6 is 0 Å². The minimum absolute atomic E-state index is 0.204. The van der Waals surface area contributed by atoms with Crippen molar-refractivity contribution in [1.29, 1.82) is 0 Å². The molecule has 1 aliphatic rings. The van der Waals surface area contributed by atoms with Crippen LogP contribution in [-0.2, 0) is 6.42 Å². The molecule has 2 N–H and O–H groups in total. The molecule has 1 aliphatic heterocycles. The first kappa shape index (κ1) is 22.3. The van der Waals surface area contributed by atoms with Gasteiger partial charge in [-0.25, -0.2) is 0 Å². The molecule has 1 aromatic carbocycles. The van der Waals surface area contributed by atoms with Gasteiger partial charge in [-0.1, -0.05) is 19.1 Å². The first-order chi connectivity index (χ1) is 13.4. The van der Waals surface area contributed by atoms with Crippen molar-refractivity contribution in [3.8, 4) is 5.75 Å². The number of benzene rings is 1. The summed E-state index contributed by atoms with van der Waals surface area (Å²) in [5.41, 5.74) is 0.919. The van der Waals surface area contributed by atoms with Gasteiger partial charge in [0.25, 0.3) is 0 Å². The Hall–Kier alpha value is -1.96. The molecule has 0 radical (unpaired) electrons. The number of rotatable bonds is 8. The highest BCUT2D eigenvalue weighted by atomic mass is 19.4. The monoisotopic (exact) mass is 400 g/mol. The number of alkyl halides is 3. The maximum Gasteiger partial charge on any atom is 0.573 e. The Morgan fingerprint density at radius 1 is 1.18 bits per heavy atom. The zero-order valence-electron chi connectivity index (χ0n) is 16.7. The average molecular weight is 400 g/mol. The van der Waals surface area contributed by atoms with Crippen LogP contribution in [0.3, 0.4) is 0 Å². The maximum atomic E-state index is 12.2. The van der Waals surface area contributed by atoms with Crippen LogP contribution < -0.4 is 15.4 Å². The lowest BCUT2D eigenvalue weighted by molar-refractivity contribution is -0.274. The molecule has 2 rings (SSSR count). The number of hydrogen-bond acceptors (Lipinski definition) is 3. The second kappa shape index (κ2) is 11.1. The van der Waals surface area contributed by atoms with Crippen molar-refractivity contribution in [2.45, 2.75) is 51.9 Å². The standard InChI is InChI=1S/C20H31F3N4O/c1-3-13-27-14-10-17(11-15-27)26-19(24-4-2)25-12-9-16-5-7-18(8-6-16)28-20(21,22)23/h5-8,17H,3-4,9-15H2,1-2H3,(H2,24,25,26). The molecule has 5 nitrogen and oxygen atoms in total. The smallest absolute Gasteiger partial charge is 0.406 e. The van der Waals surface area contributed by atoms with Gasteiger partial charge in [0.1, 0.15) is 5.75 Å². The highest BCUT2D eigenvalue weighted by Crippen LogP contribution is 2.22. The Kier molecular flexibility index (Phi) is 8.89. The number of hydrogen-bond donors (Lipinski definition) is 2. The first-order valence-corrected chi connectivity index (χ1v) is 10.0. The summed E-state index contributed by atoms with van der Waals surface area (Å²) in [6, 6.07) is 6.37. The van der Waals surface area contributed by atoms with Gasteiger partial charge in [0, 0.05) is 32.2 Å². The predicted molar refractivity (Wildman–Crippen MR) is 106 cm³/mol. The van der Waals surface area contributed by atoms with E-state index in [0.717, 1.165) is 50.5 Å². The quantitative estimate of drug-likeness (QED) is 0.518. The van der Waals surface area contributed by atoms with Crippen molar-refractivity contribution in [3.05, 3.63) is 29.8 Å². The Morgan fingerprint density at radius 2 is 1.86 bits per heavy atom. The van der Waals surface area contributed by atoms with E-state index in [1.54, 1.807) is 12.1 Å². The van der Waals surface area contributed by atoms with Crippen molar-refractivity contribution < 1.29 is 17.9 Å². The number of piperidine rings is 1. The molecule has 0 aromatic heterocycles. The molecule has 0 atom stereocenters. The number of guanidine groups is 1. The summed E-state index contributed by atoms with van der Waals surface area (Å²) < 4.78 is 40.5. The number of nitrogens with zero attached hydrogens (tertiary/aromatic N) is 2. The zero-order chi connectivity index (χ0) is 20.4.